The first-order chi connectivity index (χ1) is 6.09. The summed E-state index contributed by atoms with van der Waals surface area (Å²) < 4.78 is 1.75. The summed E-state index contributed by atoms with van der Waals surface area (Å²) in [6, 6.07) is 3.45. The lowest BCUT2D eigenvalue weighted by Gasteiger charge is -1.97. The summed E-state index contributed by atoms with van der Waals surface area (Å²) in [5.74, 6) is 0. The highest BCUT2D eigenvalue weighted by atomic mass is 35.5. The van der Waals surface area contributed by atoms with Gasteiger partial charge < -0.3 is 4.57 Å². The van der Waals surface area contributed by atoms with Gasteiger partial charge in [0, 0.05) is 7.05 Å². The van der Waals surface area contributed by atoms with Crippen LogP contribution in [0.25, 0.3) is 11.0 Å². The van der Waals surface area contributed by atoms with Crippen molar-refractivity contribution in [3.05, 3.63) is 27.5 Å². The first kappa shape index (κ1) is 9.13. The molecule has 0 aliphatic carbocycles. The van der Waals surface area contributed by atoms with E-state index in [2.05, 4.69) is 4.98 Å². The van der Waals surface area contributed by atoms with Crippen molar-refractivity contribution in [2.24, 2.45) is 7.05 Å². The first-order valence-electron chi connectivity index (χ1n) is 3.56. The predicted octanol–water partition coefficient (Wildman–Crippen LogP) is 3.53. The second-order valence-electron chi connectivity index (χ2n) is 2.69. The van der Waals surface area contributed by atoms with Crippen LogP contribution in [0.3, 0.4) is 0 Å². The van der Waals surface area contributed by atoms with E-state index in [9.17, 15) is 0 Å². The van der Waals surface area contributed by atoms with Gasteiger partial charge in [-0.25, -0.2) is 4.98 Å². The summed E-state index contributed by atoms with van der Waals surface area (Å²) >= 11 is 17.5. The first-order valence-corrected chi connectivity index (χ1v) is 4.70. The molecule has 0 aliphatic rings. The van der Waals surface area contributed by atoms with Crippen molar-refractivity contribution >= 4 is 45.8 Å². The van der Waals surface area contributed by atoms with Crippen molar-refractivity contribution in [3.63, 3.8) is 0 Å². The van der Waals surface area contributed by atoms with Crippen LogP contribution in [0.2, 0.25) is 15.3 Å². The van der Waals surface area contributed by atoms with Crippen molar-refractivity contribution in [1.29, 1.82) is 0 Å². The summed E-state index contributed by atoms with van der Waals surface area (Å²) in [7, 11) is 1.82. The average Bonchev–Trinajstić information content (AvgIpc) is 2.32. The second-order valence-corrected chi connectivity index (χ2v) is 3.85. The second kappa shape index (κ2) is 3.05. The molecule has 0 bridgehead atoms. The Morgan fingerprint density at radius 3 is 2.46 bits per heavy atom. The zero-order valence-electron chi connectivity index (χ0n) is 6.68. The molecule has 0 atom stereocenters. The minimum absolute atomic E-state index is 0.424. The largest absolute Gasteiger partial charge is 0.318 e. The lowest BCUT2D eigenvalue weighted by Crippen LogP contribution is -1.86. The summed E-state index contributed by atoms with van der Waals surface area (Å²) in [5.41, 5.74) is 1.63. The Morgan fingerprint density at radius 2 is 1.77 bits per heavy atom. The number of halogens is 3. The van der Waals surface area contributed by atoms with Crippen molar-refractivity contribution in [2.45, 2.75) is 0 Å². The minimum Gasteiger partial charge on any atom is -0.318 e. The molecule has 2 aromatic rings. The van der Waals surface area contributed by atoms with Gasteiger partial charge in [0.25, 0.3) is 0 Å². The molecule has 0 fully saturated rings. The standard InChI is InChI=1S/C8H5Cl3N2/c1-13-7-3-5(10)4(9)2-6(7)12-8(13)11/h2-3H,1H3. The zero-order valence-corrected chi connectivity index (χ0v) is 8.95. The molecule has 5 heteroatoms. The number of imidazole rings is 1. The lowest BCUT2D eigenvalue weighted by molar-refractivity contribution is 0.949. The maximum atomic E-state index is 5.85. The van der Waals surface area contributed by atoms with E-state index < -0.39 is 0 Å². The Hall–Kier alpha value is -0.440. The van der Waals surface area contributed by atoms with Gasteiger partial charge in [-0.3, -0.25) is 0 Å². The molecule has 0 saturated heterocycles. The zero-order chi connectivity index (χ0) is 9.59. The Kier molecular flexibility index (Phi) is 2.14. The average molecular weight is 236 g/mol. The Labute approximate surface area is 90.0 Å². The summed E-state index contributed by atoms with van der Waals surface area (Å²) in [4.78, 5) is 4.10. The maximum Gasteiger partial charge on any atom is 0.203 e. The molecule has 1 aromatic carbocycles. The number of nitrogens with zero attached hydrogens (tertiary/aromatic N) is 2. The summed E-state index contributed by atoms with van der Waals surface area (Å²) in [6.45, 7) is 0. The highest BCUT2D eigenvalue weighted by Gasteiger charge is 2.08. The van der Waals surface area contributed by atoms with Crippen LogP contribution < -0.4 is 0 Å². The van der Waals surface area contributed by atoms with Crippen LogP contribution in [0.4, 0.5) is 0 Å². The molecule has 0 spiro atoms. The van der Waals surface area contributed by atoms with Crippen LogP contribution in [0, 0.1) is 0 Å². The van der Waals surface area contributed by atoms with Crippen molar-refractivity contribution < 1.29 is 0 Å². The molecule has 2 nitrogen and oxygen atoms in total. The number of hydrogen-bond acceptors (Lipinski definition) is 1. The van der Waals surface area contributed by atoms with Crippen LogP contribution in [-0.2, 0) is 7.05 Å². The molecule has 0 saturated carbocycles. The van der Waals surface area contributed by atoms with Crippen LogP contribution in [-0.4, -0.2) is 9.55 Å². The van der Waals surface area contributed by atoms with Gasteiger partial charge in [-0.15, -0.1) is 0 Å². The molecule has 0 unspecified atom stereocenters. The molecule has 0 radical (unpaired) electrons. The quantitative estimate of drug-likeness (QED) is 0.683. The van der Waals surface area contributed by atoms with E-state index in [-0.39, 0.29) is 0 Å². The normalized spacial score (nSPS) is 11.1. The number of aryl methyl sites for hydroxylation is 1. The summed E-state index contributed by atoms with van der Waals surface area (Å²) in [5, 5.41) is 1.42. The van der Waals surface area contributed by atoms with Gasteiger partial charge in [0.15, 0.2) is 0 Å². The van der Waals surface area contributed by atoms with Gasteiger partial charge in [-0.05, 0) is 23.7 Å². The third-order valence-electron chi connectivity index (χ3n) is 1.87. The fourth-order valence-corrected chi connectivity index (χ4v) is 1.66. The third kappa shape index (κ3) is 1.39. The molecule has 0 amide bonds. The van der Waals surface area contributed by atoms with E-state index in [0.717, 1.165) is 11.0 Å². The van der Waals surface area contributed by atoms with Gasteiger partial charge in [0.2, 0.25) is 5.28 Å². The van der Waals surface area contributed by atoms with Crippen molar-refractivity contribution in [3.8, 4) is 0 Å². The SMILES string of the molecule is Cn1c(Cl)nc2cc(Cl)c(Cl)cc21. The van der Waals surface area contributed by atoms with Crippen LogP contribution in [0.15, 0.2) is 12.1 Å². The van der Waals surface area contributed by atoms with Crippen LogP contribution >= 0.6 is 34.8 Å². The monoisotopic (exact) mass is 234 g/mol. The number of benzene rings is 1. The fourth-order valence-electron chi connectivity index (χ4n) is 1.16. The highest BCUT2D eigenvalue weighted by Crippen LogP contribution is 2.28. The minimum atomic E-state index is 0.424. The van der Waals surface area contributed by atoms with E-state index in [1.807, 2.05) is 7.05 Å². The number of rotatable bonds is 0. The van der Waals surface area contributed by atoms with Gasteiger partial charge in [0.05, 0.1) is 21.1 Å². The summed E-state index contributed by atoms with van der Waals surface area (Å²) in [6.07, 6.45) is 0. The Bertz CT molecular complexity index is 476. The van der Waals surface area contributed by atoms with Crippen LogP contribution in [0.1, 0.15) is 0 Å². The molecule has 0 aliphatic heterocycles. The lowest BCUT2D eigenvalue weighted by atomic mass is 10.3. The number of aromatic nitrogens is 2. The van der Waals surface area contributed by atoms with Crippen molar-refractivity contribution in [1.82, 2.24) is 9.55 Å². The fraction of sp³-hybridized carbons (Fsp3) is 0.125. The molecule has 0 N–H and O–H groups in total. The molecular formula is C8H5Cl3N2. The van der Waals surface area contributed by atoms with Gasteiger partial charge in [-0.2, -0.15) is 0 Å². The molecule has 13 heavy (non-hydrogen) atoms. The van der Waals surface area contributed by atoms with E-state index in [1.165, 1.54) is 0 Å². The third-order valence-corrected chi connectivity index (χ3v) is 2.93. The molecule has 2 rings (SSSR count). The molecule has 68 valence electrons. The number of hydrogen-bond donors (Lipinski definition) is 0. The van der Waals surface area contributed by atoms with Gasteiger partial charge >= 0.3 is 0 Å². The van der Waals surface area contributed by atoms with Crippen LogP contribution in [0.5, 0.6) is 0 Å². The van der Waals surface area contributed by atoms with Gasteiger partial charge in [0.1, 0.15) is 0 Å². The van der Waals surface area contributed by atoms with E-state index >= 15 is 0 Å². The van der Waals surface area contributed by atoms with Crippen molar-refractivity contribution in [2.75, 3.05) is 0 Å². The molecule has 1 aromatic heterocycles. The topological polar surface area (TPSA) is 17.8 Å². The highest BCUT2D eigenvalue weighted by molar-refractivity contribution is 6.42. The maximum absolute atomic E-state index is 5.85. The van der Waals surface area contributed by atoms with E-state index in [1.54, 1.807) is 16.7 Å². The van der Waals surface area contributed by atoms with Gasteiger partial charge in [-0.1, -0.05) is 23.2 Å². The Balaban J connectivity index is 2.89. The van der Waals surface area contributed by atoms with E-state index in [4.69, 9.17) is 34.8 Å². The smallest absolute Gasteiger partial charge is 0.203 e. The molecule has 1 heterocycles. The predicted molar refractivity (Wildman–Crippen MR) is 55.7 cm³/mol. The Morgan fingerprint density at radius 1 is 1.15 bits per heavy atom. The van der Waals surface area contributed by atoms with E-state index in [0.29, 0.717) is 15.3 Å². The molecular weight excluding hydrogens is 230 g/mol. The number of fused-ring (bicyclic) bond motifs is 1.